The van der Waals surface area contributed by atoms with Crippen molar-refractivity contribution in [3.8, 4) is 0 Å². The molecule has 0 fully saturated rings. The zero-order chi connectivity index (χ0) is 38.9. The van der Waals surface area contributed by atoms with Crippen molar-refractivity contribution in [1.29, 1.82) is 0 Å². The Labute approximate surface area is 320 Å². The third-order valence-electron chi connectivity index (χ3n) is 7.00. The second-order valence-corrected chi connectivity index (χ2v) is 14.2. The first-order chi connectivity index (χ1) is 25.7. The number of carbonyl (C=O) groups excluding carboxylic acids is 2. The number of alkyl halides is 6. The predicted molar refractivity (Wildman–Crippen MR) is 198 cm³/mol. The Morgan fingerprint density at radius 1 is 0.648 bits per heavy atom. The van der Waals surface area contributed by atoms with Gasteiger partial charge in [0.25, 0.3) is 11.8 Å². The van der Waals surface area contributed by atoms with Gasteiger partial charge in [-0.05, 0) is 76.7 Å². The second-order valence-electron chi connectivity index (χ2n) is 10.8. The van der Waals surface area contributed by atoms with Crippen LogP contribution in [0.25, 0.3) is 0 Å². The number of amides is 2. The molecule has 2 amide bonds. The van der Waals surface area contributed by atoms with Gasteiger partial charge in [-0.25, -0.2) is 0 Å². The van der Waals surface area contributed by atoms with Crippen molar-refractivity contribution in [3.05, 3.63) is 131 Å². The summed E-state index contributed by atoms with van der Waals surface area (Å²) in [6, 6.07) is 17.2. The highest BCUT2D eigenvalue weighted by molar-refractivity contribution is 7.98. The Kier molecular flexibility index (Phi) is 13.2. The SMILES string of the molecule is NC(=O)c1c(SCc2ccc(C(F)(F)F)cc2)nsc1Nc1cccnc1.NC(=O)c1c(SCc2ccccc2C(F)(F)F)nsc1Nc1cccnc1. The highest BCUT2D eigenvalue weighted by Crippen LogP contribution is 2.39. The number of benzene rings is 2. The second kappa shape index (κ2) is 17.8. The number of nitrogens with one attached hydrogen (secondary N) is 2. The van der Waals surface area contributed by atoms with Gasteiger partial charge in [0.2, 0.25) is 0 Å². The monoisotopic (exact) mass is 820 g/mol. The number of hydrogen-bond donors (Lipinski definition) is 4. The highest BCUT2D eigenvalue weighted by atomic mass is 32.2. The van der Waals surface area contributed by atoms with Crippen LogP contribution in [0.3, 0.4) is 0 Å². The van der Waals surface area contributed by atoms with Crippen LogP contribution in [0.15, 0.2) is 108 Å². The summed E-state index contributed by atoms with van der Waals surface area (Å²) in [6.07, 6.45) is -2.42. The van der Waals surface area contributed by atoms with Gasteiger partial charge in [0.15, 0.2) is 0 Å². The fraction of sp³-hybridized carbons (Fsp3) is 0.118. The minimum atomic E-state index is -4.45. The number of nitrogens with zero attached hydrogens (tertiary/aromatic N) is 4. The van der Waals surface area contributed by atoms with Crippen LogP contribution in [-0.4, -0.2) is 30.5 Å². The summed E-state index contributed by atoms with van der Waals surface area (Å²) in [6.45, 7) is 0. The highest BCUT2D eigenvalue weighted by Gasteiger charge is 2.33. The molecule has 4 aromatic heterocycles. The van der Waals surface area contributed by atoms with E-state index in [-0.39, 0.29) is 27.5 Å². The average molecular weight is 821 g/mol. The van der Waals surface area contributed by atoms with Crippen molar-refractivity contribution >= 4 is 79.8 Å². The molecule has 280 valence electrons. The summed E-state index contributed by atoms with van der Waals surface area (Å²) in [7, 11) is 0. The van der Waals surface area contributed by atoms with Crippen molar-refractivity contribution < 1.29 is 35.9 Å². The third-order valence-corrected chi connectivity index (χ3v) is 10.8. The fourth-order valence-corrected chi connectivity index (χ4v) is 8.44. The zero-order valence-corrected chi connectivity index (χ0v) is 30.6. The van der Waals surface area contributed by atoms with Crippen molar-refractivity contribution in [2.75, 3.05) is 10.6 Å². The summed E-state index contributed by atoms with van der Waals surface area (Å²) >= 11 is 4.36. The standard InChI is InChI=1S/2C17H13F3N4OS2/c18-17(19,20)11-5-3-10(4-6-11)9-26-16-13(14(21)25)15(27-24-16)23-12-2-1-7-22-8-12;18-17(19,20)12-6-2-1-4-10(12)9-26-16-13(14(21)25)15(27-24-16)23-11-5-3-7-22-8-11/h2*1-8,23H,9H2,(H2,21,25). The van der Waals surface area contributed by atoms with E-state index in [4.69, 9.17) is 11.5 Å². The molecule has 0 aliphatic rings. The van der Waals surface area contributed by atoms with E-state index < -0.39 is 35.3 Å². The lowest BCUT2D eigenvalue weighted by atomic mass is 10.1. The number of hydrogen-bond acceptors (Lipinski definition) is 12. The molecule has 10 nitrogen and oxygen atoms in total. The average Bonchev–Trinajstić information content (AvgIpc) is 3.74. The Hall–Kier alpha value is -5.18. The van der Waals surface area contributed by atoms with Crippen LogP contribution >= 0.6 is 46.6 Å². The molecule has 6 rings (SSSR count). The first-order valence-corrected chi connectivity index (χ1v) is 18.7. The van der Waals surface area contributed by atoms with Gasteiger partial charge < -0.3 is 22.1 Å². The number of thioether (sulfide) groups is 2. The van der Waals surface area contributed by atoms with E-state index in [1.807, 2.05) is 0 Å². The summed E-state index contributed by atoms with van der Waals surface area (Å²) < 4.78 is 85.6. The van der Waals surface area contributed by atoms with Gasteiger partial charge in [0.1, 0.15) is 31.2 Å². The molecule has 0 bridgehead atoms. The van der Waals surface area contributed by atoms with Gasteiger partial charge >= 0.3 is 12.4 Å². The van der Waals surface area contributed by atoms with Gasteiger partial charge in [-0.15, -0.1) is 0 Å². The molecular formula is C34H26F6N8O2S4. The maximum Gasteiger partial charge on any atom is 0.416 e. The molecule has 0 unspecified atom stereocenters. The summed E-state index contributed by atoms with van der Waals surface area (Å²) in [5.41, 5.74) is 12.1. The number of anilines is 4. The lowest BCUT2D eigenvalue weighted by Crippen LogP contribution is -2.13. The normalized spacial score (nSPS) is 11.4. The van der Waals surface area contributed by atoms with Crippen LogP contribution in [0.4, 0.5) is 47.7 Å². The van der Waals surface area contributed by atoms with Gasteiger partial charge in [-0.2, -0.15) is 35.1 Å². The molecule has 0 saturated heterocycles. The lowest BCUT2D eigenvalue weighted by molar-refractivity contribution is -0.138. The van der Waals surface area contributed by atoms with Gasteiger partial charge in [0, 0.05) is 23.9 Å². The maximum atomic E-state index is 13.1. The predicted octanol–water partition coefficient (Wildman–Crippen LogP) is 9.38. The van der Waals surface area contributed by atoms with E-state index in [2.05, 4.69) is 29.3 Å². The molecule has 2 aromatic carbocycles. The quantitative estimate of drug-likeness (QED) is 0.0692. The van der Waals surface area contributed by atoms with Crippen LogP contribution in [-0.2, 0) is 23.9 Å². The van der Waals surface area contributed by atoms with Crippen LogP contribution in [0, 0.1) is 0 Å². The molecule has 0 aliphatic heterocycles. The molecule has 4 heterocycles. The van der Waals surface area contributed by atoms with E-state index in [0.29, 0.717) is 37.7 Å². The van der Waals surface area contributed by atoms with Crippen LogP contribution < -0.4 is 22.1 Å². The Bertz CT molecular complexity index is 2180. The first-order valence-electron chi connectivity index (χ1n) is 15.2. The summed E-state index contributed by atoms with van der Waals surface area (Å²) in [5, 5.41) is 7.69. The van der Waals surface area contributed by atoms with E-state index in [1.165, 1.54) is 42.1 Å². The lowest BCUT2D eigenvalue weighted by Gasteiger charge is -2.12. The largest absolute Gasteiger partial charge is 0.416 e. The molecule has 6 aromatic rings. The summed E-state index contributed by atoms with van der Waals surface area (Å²) in [5.74, 6) is -0.979. The van der Waals surface area contributed by atoms with Crippen molar-refractivity contribution in [1.82, 2.24) is 18.7 Å². The third kappa shape index (κ3) is 10.7. The molecule has 6 N–H and O–H groups in total. The zero-order valence-electron chi connectivity index (χ0n) is 27.3. The van der Waals surface area contributed by atoms with Crippen molar-refractivity contribution in [2.45, 2.75) is 33.9 Å². The number of rotatable bonds is 12. The van der Waals surface area contributed by atoms with Crippen molar-refractivity contribution in [2.24, 2.45) is 11.5 Å². The topological polar surface area (TPSA) is 162 Å². The minimum Gasteiger partial charge on any atom is -0.365 e. The molecule has 20 heteroatoms. The minimum absolute atomic E-state index is 0.00598. The van der Waals surface area contributed by atoms with E-state index in [0.717, 1.165) is 53.0 Å². The van der Waals surface area contributed by atoms with Crippen molar-refractivity contribution in [3.63, 3.8) is 0 Å². The maximum absolute atomic E-state index is 13.1. The van der Waals surface area contributed by atoms with Crippen LogP contribution in [0.2, 0.25) is 0 Å². The molecule has 0 radical (unpaired) electrons. The number of primary amides is 2. The smallest absolute Gasteiger partial charge is 0.365 e. The van der Waals surface area contributed by atoms with Gasteiger partial charge in [0.05, 0.1) is 34.9 Å². The number of nitrogens with two attached hydrogens (primary N) is 2. The summed E-state index contributed by atoms with van der Waals surface area (Å²) in [4.78, 5) is 31.7. The van der Waals surface area contributed by atoms with Gasteiger partial charge in [-0.3, -0.25) is 19.6 Å². The van der Waals surface area contributed by atoms with Gasteiger partial charge in [-0.1, -0.05) is 53.9 Å². The Balaban J connectivity index is 0.000000208. The fourth-order valence-electron chi connectivity index (χ4n) is 4.50. The van der Waals surface area contributed by atoms with E-state index >= 15 is 0 Å². The molecule has 54 heavy (non-hydrogen) atoms. The number of carbonyl (C=O) groups is 2. The Morgan fingerprint density at radius 2 is 1.15 bits per heavy atom. The van der Waals surface area contributed by atoms with E-state index in [9.17, 15) is 35.9 Å². The molecule has 0 spiro atoms. The molecular weight excluding hydrogens is 795 g/mol. The van der Waals surface area contributed by atoms with E-state index in [1.54, 1.807) is 49.1 Å². The Morgan fingerprint density at radius 3 is 1.59 bits per heavy atom. The first kappa shape index (κ1) is 40.0. The number of aromatic nitrogens is 4. The number of pyridine rings is 2. The number of halogens is 6. The molecule has 0 atom stereocenters. The molecule has 0 aliphatic carbocycles. The molecule has 0 saturated carbocycles. The van der Waals surface area contributed by atoms with Crippen LogP contribution in [0.5, 0.6) is 0 Å². The van der Waals surface area contributed by atoms with Crippen LogP contribution in [0.1, 0.15) is 43.0 Å².